The van der Waals surface area contributed by atoms with Crippen molar-refractivity contribution < 1.29 is 28.9 Å². The van der Waals surface area contributed by atoms with Gasteiger partial charge in [0.25, 0.3) is 0 Å². The Morgan fingerprint density at radius 3 is 2.59 bits per heavy atom. The lowest BCUT2D eigenvalue weighted by Crippen LogP contribution is -2.32. The summed E-state index contributed by atoms with van der Waals surface area (Å²) in [4.78, 5) is 24.3. The van der Waals surface area contributed by atoms with Gasteiger partial charge in [-0.1, -0.05) is 31.9 Å². The minimum atomic E-state index is -0.508. The predicted octanol–water partition coefficient (Wildman–Crippen LogP) is 4.97. The summed E-state index contributed by atoms with van der Waals surface area (Å²) < 4.78 is 17.2. The van der Waals surface area contributed by atoms with E-state index < -0.39 is 5.79 Å². The second-order valence-electron chi connectivity index (χ2n) is 9.62. The molecule has 1 aliphatic carbocycles. The number of aliphatic hydroxyl groups excluding tert-OH is 1. The number of unbranched alkanes of at least 4 members (excludes halogenated alkanes) is 3. The number of Topliss-reactive ketones (excluding diaryl/α,β-unsaturated/α-hetero) is 1. The van der Waals surface area contributed by atoms with Gasteiger partial charge in [0.1, 0.15) is 5.78 Å². The summed E-state index contributed by atoms with van der Waals surface area (Å²) in [6.07, 6.45) is 13.1. The van der Waals surface area contributed by atoms with Crippen molar-refractivity contribution in [1.82, 2.24) is 0 Å². The fourth-order valence-corrected chi connectivity index (χ4v) is 5.06. The molecule has 32 heavy (non-hydrogen) atoms. The molecule has 0 unspecified atom stereocenters. The predicted molar refractivity (Wildman–Crippen MR) is 124 cm³/mol. The monoisotopic (exact) mass is 452 g/mol. The third-order valence-corrected chi connectivity index (χ3v) is 6.74. The molecule has 0 aromatic carbocycles. The highest BCUT2D eigenvalue weighted by atomic mass is 16.7. The molecular weight excluding hydrogens is 408 g/mol. The van der Waals surface area contributed by atoms with Crippen molar-refractivity contribution in [3.63, 3.8) is 0 Å². The summed E-state index contributed by atoms with van der Waals surface area (Å²) in [5.41, 5.74) is 0. The normalized spacial score (nSPS) is 25.3. The Morgan fingerprint density at radius 2 is 1.94 bits per heavy atom. The van der Waals surface area contributed by atoms with E-state index in [0.29, 0.717) is 32.5 Å². The number of allylic oxidation sites excluding steroid dienone is 2. The number of ether oxygens (including phenoxy) is 3. The standard InChI is InChI=1S/C26H44O6/c1-4-5-10-14-26(30-16-17-31-26)15-13-22-21(19-27)18-24(28)23(22)11-8-6-7-9-12-25(29)32-20(2)3/h6,8,20-23,27H,4-5,7,9-19H2,1-3H3/t21-,22-,23+/m0/s1. The summed E-state index contributed by atoms with van der Waals surface area (Å²) in [5.74, 6) is -0.272. The Labute approximate surface area is 194 Å². The average Bonchev–Trinajstić information content (AvgIpc) is 3.33. The van der Waals surface area contributed by atoms with Crippen molar-refractivity contribution in [2.24, 2.45) is 17.8 Å². The van der Waals surface area contributed by atoms with Crippen LogP contribution < -0.4 is 0 Å². The number of esters is 1. The Kier molecular flexibility index (Phi) is 11.9. The molecule has 0 bridgehead atoms. The maximum absolute atomic E-state index is 12.7. The van der Waals surface area contributed by atoms with E-state index in [1.54, 1.807) is 0 Å². The molecule has 2 rings (SSSR count). The highest BCUT2D eigenvalue weighted by Gasteiger charge is 2.43. The van der Waals surface area contributed by atoms with Crippen LogP contribution in [0.3, 0.4) is 0 Å². The molecule has 3 atom stereocenters. The third-order valence-electron chi connectivity index (χ3n) is 6.74. The van der Waals surface area contributed by atoms with E-state index >= 15 is 0 Å². The second-order valence-corrected chi connectivity index (χ2v) is 9.62. The molecule has 1 N–H and O–H groups in total. The van der Waals surface area contributed by atoms with E-state index in [1.165, 1.54) is 0 Å². The molecule has 184 valence electrons. The van der Waals surface area contributed by atoms with E-state index in [-0.39, 0.29) is 42.2 Å². The SMILES string of the molecule is CCCCCC1(CC[C@H]2[C@H](CO)CC(=O)[C@@H]2CC=CCCCC(=O)OC(C)C)OCCO1. The first-order chi connectivity index (χ1) is 15.4. The van der Waals surface area contributed by atoms with Gasteiger partial charge in [-0.25, -0.2) is 0 Å². The molecule has 2 fully saturated rings. The molecule has 1 saturated heterocycles. The van der Waals surface area contributed by atoms with Crippen LogP contribution in [-0.2, 0) is 23.8 Å². The Hall–Kier alpha value is -1.24. The van der Waals surface area contributed by atoms with Crippen LogP contribution in [0.5, 0.6) is 0 Å². The number of aliphatic hydroxyl groups is 1. The Morgan fingerprint density at radius 1 is 1.19 bits per heavy atom. The van der Waals surface area contributed by atoms with Crippen molar-refractivity contribution in [3.05, 3.63) is 12.2 Å². The summed E-state index contributed by atoms with van der Waals surface area (Å²) in [7, 11) is 0. The average molecular weight is 453 g/mol. The van der Waals surface area contributed by atoms with Crippen LogP contribution in [0.2, 0.25) is 0 Å². The number of carbonyl (C=O) groups is 2. The van der Waals surface area contributed by atoms with Crippen LogP contribution in [-0.4, -0.2) is 48.6 Å². The van der Waals surface area contributed by atoms with Crippen LogP contribution in [0.1, 0.15) is 91.4 Å². The van der Waals surface area contributed by atoms with Crippen molar-refractivity contribution in [2.75, 3.05) is 19.8 Å². The van der Waals surface area contributed by atoms with Gasteiger partial charge in [0.05, 0.1) is 19.3 Å². The number of hydrogen-bond acceptors (Lipinski definition) is 6. The minimum absolute atomic E-state index is 0.0285. The Bertz CT molecular complexity index is 593. The quantitative estimate of drug-likeness (QED) is 0.215. The minimum Gasteiger partial charge on any atom is -0.463 e. The molecule has 6 nitrogen and oxygen atoms in total. The van der Waals surface area contributed by atoms with E-state index in [4.69, 9.17) is 14.2 Å². The van der Waals surface area contributed by atoms with Crippen molar-refractivity contribution in [2.45, 2.75) is 103 Å². The maximum atomic E-state index is 12.7. The van der Waals surface area contributed by atoms with Gasteiger partial charge in [-0.05, 0) is 57.8 Å². The lowest BCUT2D eigenvalue weighted by atomic mass is 9.82. The molecule has 0 spiro atoms. The smallest absolute Gasteiger partial charge is 0.306 e. The molecule has 1 saturated carbocycles. The molecule has 0 aromatic rings. The number of ketones is 1. The highest BCUT2D eigenvalue weighted by molar-refractivity contribution is 5.84. The summed E-state index contributed by atoms with van der Waals surface area (Å²) >= 11 is 0. The van der Waals surface area contributed by atoms with Gasteiger partial charge in [0.15, 0.2) is 5.79 Å². The first-order valence-corrected chi connectivity index (χ1v) is 12.7. The van der Waals surface area contributed by atoms with Crippen LogP contribution in [0.15, 0.2) is 12.2 Å². The highest BCUT2D eigenvalue weighted by Crippen LogP contribution is 2.42. The summed E-state index contributed by atoms with van der Waals surface area (Å²) in [6.45, 7) is 7.22. The van der Waals surface area contributed by atoms with E-state index in [1.807, 2.05) is 13.8 Å². The van der Waals surface area contributed by atoms with Gasteiger partial charge in [-0.15, -0.1) is 0 Å². The topological polar surface area (TPSA) is 82.1 Å². The molecule has 1 heterocycles. The molecule has 0 amide bonds. The van der Waals surface area contributed by atoms with Crippen LogP contribution in [0.25, 0.3) is 0 Å². The molecule has 1 aliphatic heterocycles. The zero-order valence-electron chi connectivity index (χ0n) is 20.4. The van der Waals surface area contributed by atoms with Crippen LogP contribution in [0.4, 0.5) is 0 Å². The first kappa shape index (κ1) is 27.0. The third kappa shape index (κ3) is 8.60. The van der Waals surface area contributed by atoms with Gasteiger partial charge in [0, 0.05) is 38.2 Å². The van der Waals surface area contributed by atoms with Crippen molar-refractivity contribution in [1.29, 1.82) is 0 Å². The second kappa shape index (κ2) is 14.1. The van der Waals surface area contributed by atoms with Gasteiger partial charge in [-0.2, -0.15) is 0 Å². The van der Waals surface area contributed by atoms with Gasteiger partial charge < -0.3 is 19.3 Å². The van der Waals surface area contributed by atoms with Crippen molar-refractivity contribution in [3.8, 4) is 0 Å². The van der Waals surface area contributed by atoms with Gasteiger partial charge in [-0.3, -0.25) is 9.59 Å². The lowest BCUT2D eigenvalue weighted by molar-refractivity contribution is -0.171. The van der Waals surface area contributed by atoms with Gasteiger partial charge in [0.2, 0.25) is 0 Å². The van der Waals surface area contributed by atoms with E-state index in [9.17, 15) is 14.7 Å². The molecular formula is C26H44O6. The largest absolute Gasteiger partial charge is 0.463 e. The maximum Gasteiger partial charge on any atom is 0.306 e. The van der Waals surface area contributed by atoms with Crippen molar-refractivity contribution >= 4 is 11.8 Å². The molecule has 2 aliphatic rings. The zero-order valence-corrected chi connectivity index (χ0v) is 20.4. The fraction of sp³-hybridized carbons (Fsp3) is 0.846. The summed E-state index contributed by atoms with van der Waals surface area (Å²) in [6, 6.07) is 0. The van der Waals surface area contributed by atoms with Gasteiger partial charge >= 0.3 is 5.97 Å². The molecule has 0 radical (unpaired) electrons. The lowest BCUT2D eigenvalue weighted by Gasteiger charge is -2.31. The van der Waals surface area contributed by atoms with Crippen LogP contribution in [0, 0.1) is 17.8 Å². The number of rotatable bonds is 15. The molecule has 6 heteroatoms. The van der Waals surface area contributed by atoms with Crippen LogP contribution >= 0.6 is 0 Å². The van der Waals surface area contributed by atoms with E-state index in [2.05, 4.69) is 19.1 Å². The Balaban J connectivity index is 1.84. The molecule has 0 aromatic heterocycles. The zero-order chi connectivity index (χ0) is 23.4. The summed E-state index contributed by atoms with van der Waals surface area (Å²) in [5, 5.41) is 9.88. The fourth-order valence-electron chi connectivity index (χ4n) is 5.06. The number of hydrogen-bond donors (Lipinski definition) is 1. The van der Waals surface area contributed by atoms with E-state index in [0.717, 1.165) is 51.4 Å². The first-order valence-electron chi connectivity index (χ1n) is 12.7. The number of carbonyl (C=O) groups excluding carboxylic acids is 2.